The van der Waals surface area contributed by atoms with E-state index in [1.807, 2.05) is 23.5 Å². The third kappa shape index (κ3) is 3.08. The number of carbonyl (C=O) groups excluding carboxylic acids is 1. The number of aryl methyl sites for hydroxylation is 2. The number of thiophene rings is 1. The van der Waals surface area contributed by atoms with Crippen LogP contribution in [-0.2, 0) is 11.2 Å². The van der Waals surface area contributed by atoms with Crippen molar-refractivity contribution in [2.24, 2.45) is 0 Å². The van der Waals surface area contributed by atoms with E-state index in [0.29, 0.717) is 12.6 Å². The Bertz CT molecular complexity index is 692. The van der Waals surface area contributed by atoms with Crippen LogP contribution in [0.1, 0.15) is 34.5 Å². The minimum absolute atomic E-state index is 0.101. The number of hydrogen-bond acceptors (Lipinski definition) is 2. The molecule has 2 aromatic rings. The zero-order chi connectivity index (χ0) is 15.7. The molecule has 1 amide bonds. The monoisotopic (exact) mass is 315 g/mol. The summed E-state index contributed by atoms with van der Waals surface area (Å²) in [6.45, 7) is 7.95. The molecule has 0 aliphatic carbocycles. The highest BCUT2D eigenvalue weighted by Crippen LogP contribution is 2.24. The van der Waals surface area contributed by atoms with Crippen LogP contribution in [0.2, 0.25) is 0 Å². The standard InChI is InChI=1S/C18H22N2OS/c1-12-4-5-15(10-13(12)2)19-18(21)11-20-8-6-17-16(14(20)3)7-9-22-17/h4-5,7,9-10,14H,6,8,11H2,1-3H3,(H,19,21)/p+1/t14-/m1/s1. The lowest BCUT2D eigenvalue weighted by Gasteiger charge is -2.29. The van der Waals surface area contributed by atoms with Gasteiger partial charge in [-0.25, -0.2) is 0 Å². The molecule has 0 spiro atoms. The SMILES string of the molecule is Cc1ccc(NC(=O)C[NH+]2CCc3sccc3[C@H]2C)cc1C. The average molecular weight is 315 g/mol. The van der Waals surface area contributed by atoms with Crippen LogP contribution < -0.4 is 10.2 Å². The Balaban J connectivity index is 1.64. The summed E-state index contributed by atoms with van der Waals surface area (Å²) in [4.78, 5) is 15.2. The molecule has 2 atom stereocenters. The Morgan fingerprint density at radius 1 is 1.32 bits per heavy atom. The second-order valence-corrected chi connectivity index (χ2v) is 7.20. The van der Waals surface area contributed by atoms with E-state index in [1.165, 1.54) is 26.5 Å². The fraction of sp³-hybridized carbons (Fsp3) is 0.389. The zero-order valence-electron chi connectivity index (χ0n) is 13.4. The molecule has 0 bridgehead atoms. The summed E-state index contributed by atoms with van der Waals surface area (Å²) in [5, 5.41) is 5.20. The van der Waals surface area contributed by atoms with Crippen LogP contribution in [0.4, 0.5) is 5.69 Å². The zero-order valence-corrected chi connectivity index (χ0v) is 14.2. The van der Waals surface area contributed by atoms with E-state index < -0.39 is 0 Å². The van der Waals surface area contributed by atoms with Crippen LogP contribution in [0, 0.1) is 13.8 Å². The molecule has 1 aromatic heterocycles. The molecule has 0 fully saturated rings. The number of quaternary nitrogens is 1. The van der Waals surface area contributed by atoms with Crippen molar-refractivity contribution in [2.75, 3.05) is 18.4 Å². The van der Waals surface area contributed by atoms with Gasteiger partial charge >= 0.3 is 0 Å². The molecule has 1 aliphatic heterocycles. The van der Waals surface area contributed by atoms with Crippen molar-refractivity contribution < 1.29 is 9.69 Å². The van der Waals surface area contributed by atoms with Gasteiger partial charge in [-0.2, -0.15) is 0 Å². The van der Waals surface area contributed by atoms with Gasteiger partial charge in [-0.1, -0.05) is 6.07 Å². The van der Waals surface area contributed by atoms with Crippen molar-refractivity contribution in [1.29, 1.82) is 0 Å². The summed E-state index contributed by atoms with van der Waals surface area (Å²) < 4.78 is 0. The van der Waals surface area contributed by atoms with Gasteiger partial charge in [-0.05, 0) is 55.5 Å². The number of amides is 1. The Morgan fingerprint density at radius 2 is 2.14 bits per heavy atom. The molecular weight excluding hydrogens is 292 g/mol. The summed E-state index contributed by atoms with van der Waals surface area (Å²) in [6, 6.07) is 8.69. The van der Waals surface area contributed by atoms with E-state index in [0.717, 1.165) is 18.7 Å². The van der Waals surface area contributed by atoms with Crippen molar-refractivity contribution in [2.45, 2.75) is 33.2 Å². The van der Waals surface area contributed by atoms with Crippen LogP contribution in [0.5, 0.6) is 0 Å². The van der Waals surface area contributed by atoms with E-state index in [-0.39, 0.29) is 5.91 Å². The molecule has 3 nitrogen and oxygen atoms in total. The molecule has 0 saturated heterocycles. The third-order valence-electron chi connectivity index (χ3n) is 4.71. The van der Waals surface area contributed by atoms with Crippen LogP contribution >= 0.6 is 11.3 Å². The highest BCUT2D eigenvalue weighted by molar-refractivity contribution is 7.10. The third-order valence-corrected chi connectivity index (χ3v) is 5.71. The fourth-order valence-electron chi connectivity index (χ4n) is 3.12. The number of fused-ring (bicyclic) bond motifs is 1. The molecule has 0 saturated carbocycles. The maximum atomic E-state index is 12.3. The second-order valence-electron chi connectivity index (χ2n) is 6.20. The van der Waals surface area contributed by atoms with Gasteiger partial charge in [-0.15, -0.1) is 11.3 Å². The maximum Gasteiger partial charge on any atom is 0.279 e. The van der Waals surface area contributed by atoms with Gasteiger partial charge in [-0.3, -0.25) is 4.79 Å². The average Bonchev–Trinajstić information content (AvgIpc) is 2.95. The van der Waals surface area contributed by atoms with E-state index >= 15 is 0 Å². The highest BCUT2D eigenvalue weighted by atomic mass is 32.1. The van der Waals surface area contributed by atoms with E-state index in [4.69, 9.17) is 0 Å². The van der Waals surface area contributed by atoms with Gasteiger partial charge < -0.3 is 10.2 Å². The number of nitrogens with one attached hydrogen (secondary N) is 2. The van der Waals surface area contributed by atoms with Gasteiger partial charge in [0, 0.05) is 22.5 Å². The van der Waals surface area contributed by atoms with Crippen LogP contribution in [0.15, 0.2) is 29.6 Å². The van der Waals surface area contributed by atoms with E-state index in [9.17, 15) is 4.79 Å². The molecular formula is C18H23N2OS+. The molecule has 3 rings (SSSR count). The van der Waals surface area contributed by atoms with Crippen molar-refractivity contribution in [3.63, 3.8) is 0 Å². The Kier molecular flexibility index (Phi) is 4.32. The van der Waals surface area contributed by atoms with Gasteiger partial charge in [0.25, 0.3) is 5.91 Å². The van der Waals surface area contributed by atoms with Crippen molar-refractivity contribution >= 4 is 22.9 Å². The van der Waals surface area contributed by atoms with Gasteiger partial charge in [0.15, 0.2) is 6.54 Å². The molecule has 4 heteroatoms. The molecule has 2 heterocycles. The first-order valence-electron chi connectivity index (χ1n) is 7.82. The summed E-state index contributed by atoms with van der Waals surface area (Å²) in [7, 11) is 0. The topological polar surface area (TPSA) is 33.5 Å². The van der Waals surface area contributed by atoms with Crippen LogP contribution in [-0.4, -0.2) is 19.0 Å². The summed E-state index contributed by atoms with van der Waals surface area (Å²) in [5.41, 5.74) is 4.77. The molecule has 2 N–H and O–H groups in total. The lowest BCUT2D eigenvalue weighted by molar-refractivity contribution is -0.923. The van der Waals surface area contributed by atoms with Crippen LogP contribution in [0.25, 0.3) is 0 Å². The first kappa shape index (κ1) is 15.3. The normalized spacial score (nSPS) is 20.5. The molecule has 22 heavy (non-hydrogen) atoms. The molecule has 0 radical (unpaired) electrons. The molecule has 1 unspecified atom stereocenters. The smallest absolute Gasteiger partial charge is 0.279 e. The minimum Gasteiger partial charge on any atom is -0.321 e. The first-order valence-corrected chi connectivity index (χ1v) is 8.70. The first-order chi connectivity index (χ1) is 10.5. The number of carbonyl (C=O) groups is 1. The molecule has 116 valence electrons. The summed E-state index contributed by atoms with van der Waals surface area (Å²) in [5.74, 6) is 0.101. The number of anilines is 1. The molecule has 1 aromatic carbocycles. The van der Waals surface area contributed by atoms with Crippen molar-refractivity contribution in [1.82, 2.24) is 0 Å². The minimum atomic E-state index is 0.101. The van der Waals surface area contributed by atoms with Gasteiger partial charge in [0.2, 0.25) is 0 Å². The second kappa shape index (κ2) is 6.23. The van der Waals surface area contributed by atoms with Crippen molar-refractivity contribution in [3.8, 4) is 0 Å². The fourth-order valence-corrected chi connectivity index (χ4v) is 4.10. The molecule has 1 aliphatic rings. The summed E-state index contributed by atoms with van der Waals surface area (Å²) in [6.07, 6.45) is 1.09. The van der Waals surface area contributed by atoms with Crippen LogP contribution in [0.3, 0.4) is 0 Å². The maximum absolute atomic E-state index is 12.3. The van der Waals surface area contributed by atoms with E-state index in [1.54, 1.807) is 0 Å². The number of hydrogen-bond donors (Lipinski definition) is 2. The summed E-state index contributed by atoms with van der Waals surface area (Å²) >= 11 is 1.84. The van der Waals surface area contributed by atoms with Gasteiger partial charge in [0.1, 0.15) is 6.04 Å². The lowest BCUT2D eigenvalue weighted by atomic mass is 10.0. The predicted molar refractivity (Wildman–Crippen MR) is 91.7 cm³/mol. The Morgan fingerprint density at radius 3 is 2.91 bits per heavy atom. The Labute approximate surface area is 136 Å². The lowest BCUT2D eigenvalue weighted by Crippen LogP contribution is -3.14. The van der Waals surface area contributed by atoms with Crippen molar-refractivity contribution in [3.05, 3.63) is 51.2 Å². The number of benzene rings is 1. The Hall–Kier alpha value is -1.65. The quantitative estimate of drug-likeness (QED) is 0.896. The predicted octanol–water partition coefficient (Wildman–Crippen LogP) is 2.51. The van der Waals surface area contributed by atoms with Gasteiger partial charge in [0.05, 0.1) is 6.54 Å². The number of rotatable bonds is 3. The largest absolute Gasteiger partial charge is 0.321 e. The highest BCUT2D eigenvalue weighted by Gasteiger charge is 2.29. The van der Waals surface area contributed by atoms with E-state index in [2.05, 4.69) is 43.6 Å².